The van der Waals surface area contributed by atoms with Crippen LogP contribution in [0.5, 0.6) is 11.5 Å². The van der Waals surface area contributed by atoms with Crippen molar-refractivity contribution in [3.05, 3.63) is 47.8 Å². The molecule has 0 aliphatic heterocycles. The van der Waals surface area contributed by atoms with Gasteiger partial charge in [0.2, 0.25) is 5.91 Å². The van der Waals surface area contributed by atoms with Crippen LogP contribution in [0, 0.1) is 12.7 Å². The summed E-state index contributed by atoms with van der Waals surface area (Å²) in [4.78, 5) is 26.5. The lowest BCUT2D eigenvalue weighted by molar-refractivity contribution is -0.123. The van der Waals surface area contributed by atoms with Gasteiger partial charge in [0.15, 0.2) is 11.5 Å². The van der Waals surface area contributed by atoms with E-state index in [1.807, 2.05) is 50.2 Å². The molecule has 0 aliphatic carbocycles. The zero-order chi connectivity index (χ0) is 24.5. The first kappa shape index (κ1) is 25.5. The Morgan fingerprint density at radius 3 is 2.58 bits per heavy atom. The third kappa shape index (κ3) is 6.63. The maximum absolute atomic E-state index is 14.4. The molecule has 2 aromatic carbocycles. The minimum atomic E-state index is -0.496. The Bertz CT molecular complexity index is 1130. The molecule has 2 N–H and O–H groups in total. The summed E-state index contributed by atoms with van der Waals surface area (Å²) in [6.07, 6.45) is 0. The third-order valence-corrected chi connectivity index (χ3v) is 4.67. The summed E-state index contributed by atoms with van der Waals surface area (Å²) in [6.45, 7) is 4.23. The number of ether oxygens (including phenoxy) is 2. The number of methoxy groups -OCH3 is 1. The molecule has 3 aromatic rings. The van der Waals surface area contributed by atoms with Crippen molar-refractivity contribution in [1.82, 2.24) is 9.88 Å². The van der Waals surface area contributed by atoms with Crippen LogP contribution >= 0.6 is 0 Å². The number of aryl methyl sites for hydroxylation is 1. The summed E-state index contributed by atoms with van der Waals surface area (Å²) in [7, 11) is 5.55. The summed E-state index contributed by atoms with van der Waals surface area (Å²) >= 11 is 0. The number of carbonyl (C=O) groups is 2. The highest BCUT2D eigenvalue weighted by Gasteiger charge is 2.16. The van der Waals surface area contributed by atoms with Crippen LogP contribution < -0.4 is 14.8 Å². The van der Waals surface area contributed by atoms with Gasteiger partial charge >= 0.3 is 0 Å². The first-order chi connectivity index (χ1) is 15.7. The van der Waals surface area contributed by atoms with E-state index in [1.165, 1.54) is 13.0 Å². The van der Waals surface area contributed by atoms with E-state index in [1.54, 1.807) is 13.2 Å². The Morgan fingerprint density at radius 2 is 1.97 bits per heavy atom. The van der Waals surface area contributed by atoms with Crippen LogP contribution in [-0.4, -0.2) is 61.7 Å². The van der Waals surface area contributed by atoms with Gasteiger partial charge in [-0.05, 0) is 56.9 Å². The number of fused-ring (bicyclic) bond motifs is 1. The lowest BCUT2D eigenvalue weighted by Gasteiger charge is -2.17. The van der Waals surface area contributed by atoms with Gasteiger partial charge in [-0.3, -0.25) is 9.59 Å². The largest absolute Gasteiger partial charge is 0.493 e. The van der Waals surface area contributed by atoms with E-state index >= 15 is 0 Å². The van der Waals surface area contributed by atoms with Gasteiger partial charge in [0.25, 0.3) is 6.47 Å². The Balaban J connectivity index is 0.00000122. The van der Waals surface area contributed by atoms with E-state index < -0.39 is 5.82 Å². The molecule has 0 atom stereocenters. The summed E-state index contributed by atoms with van der Waals surface area (Å²) < 4.78 is 25.9. The number of benzene rings is 2. The number of carbonyl (C=O) groups excluding carboxylic acids is 1. The quantitative estimate of drug-likeness (QED) is 0.518. The normalized spacial score (nSPS) is 10.4. The van der Waals surface area contributed by atoms with Crippen molar-refractivity contribution in [2.45, 2.75) is 13.8 Å². The first-order valence-corrected chi connectivity index (χ1v) is 10.1. The van der Waals surface area contributed by atoms with Gasteiger partial charge in [0.1, 0.15) is 12.4 Å². The molecule has 0 saturated carbocycles. The smallest absolute Gasteiger partial charge is 0.290 e. The highest BCUT2D eigenvalue weighted by molar-refractivity contribution is 5.94. The molecule has 0 aliphatic rings. The molecule has 33 heavy (non-hydrogen) atoms. The Labute approximate surface area is 191 Å². The van der Waals surface area contributed by atoms with Crippen molar-refractivity contribution in [2.24, 2.45) is 0 Å². The second-order valence-electron chi connectivity index (χ2n) is 7.45. The Kier molecular flexibility index (Phi) is 9.11. The van der Waals surface area contributed by atoms with Crippen LogP contribution in [-0.2, 0) is 9.59 Å². The van der Waals surface area contributed by atoms with Gasteiger partial charge in [-0.1, -0.05) is 6.07 Å². The molecule has 9 heteroatoms. The third-order valence-electron chi connectivity index (χ3n) is 4.67. The lowest BCUT2D eigenvalue weighted by atomic mass is 10.0. The van der Waals surface area contributed by atoms with Crippen LogP contribution in [0.2, 0.25) is 0 Å². The Hall–Kier alpha value is -3.72. The van der Waals surface area contributed by atoms with Crippen molar-refractivity contribution < 1.29 is 28.6 Å². The number of pyridine rings is 1. The molecule has 176 valence electrons. The summed E-state index contributed by atoms with van der Waals surface area (Å²) in [6, 6.07) is 10.5. The zero-order valence-corrected chi connectivity index (χ0v) is 19.3. The Morgan fingerprint density at radius 1 is 1.27 bits per heavy atom. The molecule has 0 fully saturated rings. The number of halogens is 1. The molecule has 0 spiro atoms. The highest BCUT2D eigenvalue weighted by Crippen LogP contribution is 2.38. The van der Waals surface area contributed by atoms with E-state index in [4.69, 9.17) is 24.4 Å². The number of hydrogen-bond acceptors (Lipinski definition) is 6. The number of aromatic nitrogens is 1. The monoisotopic (exact) mass is 457 g/mol. The van der Waals surface area contributed by atoms with Crippen molar-refractivity contribution in [2.75, 3.05) is 39.7 Å². The molecule has 0 radical (unpaired) electrons. The number of nitrogens with one attached hydrogen (secondary N) is 1. The second kappa shape index (κ2) is 11.8. The molecular formula is C24H28FN3O5. The maximum Gasteiger partial charge on any atom is 0.290 e. The van der Waals surface area contributed by atoms with Gasteiger partial charge in [0.05, 0.1) is 24.0 Å². The SMILES string of the molecule is COc1cccc(-c2cc(C)c3cc(F)c(NC(C)=O)cc3n2)c1OCCN(C)C.O=CO. The fourth-order valence-electron chi connectivity index (χ4n) is 3.20. The topological polar surface area (TPSA) is 101 Å². The fraction of sp³-hybridized carbons (Fsp3) is 0.292. The predicted molar refractivity (Wildman–Crippen MR) is 125 cm³/mol. The molecule has 3 rings (SSSR count). The van der Waals surface area contributed by atoms with Crippen LogP contribution in [0.1, 0.15) is 12.5 Å². The van der Waals surface area contributed by atoms with Crippen LogP contribution in [0.3, 0.4) is 0 Å². The zero-order valence-electron chi connectivity index (χ0n) is 19.3. The van der Waals surface area contributed by atoms with Crippen molar-refractivity contribution in [1.29, 1.82) is 0 Å². The van der Waals surface area contributed by atoms with Crippen molar-refractivity contribution in [3.8, 4) is 22.8 Å². The molecular weight excluding hydrogens is 429 g/mol. The number of amides is 1. The number of hydrogen-bond donors (Lipinski definition) is 2. The van der Waals surface area contributed by atoms with Crippen molar-refractivity contribution >= 4 is 29.0 Å². The predicted octanol–water partition coefficient (Wildman–Crippen LogP) is 3.96. The standard InChI is InChI=1S/C23H26FN3O3.CH2O2/c1-14-11-19(26-20-13-21(25-15(2)28)18(24)12-17(14)20)16-7-6-8-22(29-5)23(16)30-10-9-27(3)4;2-1-3/h6-8,11-13H,9-10H2,1-5H3,(H,25,28);1H,(H,2,3). The summed E-state index contributed by atoms with van der Waals surface area (Å²) in [5.74, 6) is 0.385. The molecule has 0 bridgehead atoms. The average molecular weight is 458 g/mol. The number of nitrogens with zero attached hydrogens (tertiary/aromatic N) is 2. The number of likely N-dealkylation sites (N-methyl/N-ethyl adjacent to an activating group) is 1. The van der Waals surface area contributed by atoms with E-state index in [-0.39, 0.29) is 18.1 Å². The number of carboxylic acid groups (broad SMARTS) is 1. The molecule has 1 amide bonds. The van der Waals surface area contributed by atoms with Crippen LogP contribution in [0.25, 0.3) is 22.2 Å². The van der Waals surface area contributed by atoms with Crippen molar-refractivity contribution in [3.63, 3.8) is 0 Å². The molecule has 1 heterocycles. The van der Waals surface area contributed by atoms with E-state index in [9.17, 15) is 9.18 Å². The minimum Gasteiger partial charge on any atom is -0.493 e. The molecule has 1 aromatic heterocycles. The van der Waals surface area contributed by atoms with E-state index in [0.717, 1.165) is 17.7 Å². The molecule has 0 saturated heterocycles. The maximum atomic E-state index is 14.4. The number of anilines is 1. The minimum absolute atomic E-state index is 0.104. The van der Waals surface area contributed by atoms with Gasteiger partial charge in [0, 0.05) is 24.4 Å². The van der Waals surface area contributed by atoms with Gasteiger partial charge in [-0.2, -0.15) is 0 Å². The molecule has 0 unspecified atom stereocenters. The summed E-state index contributed by atoms with van der Waals surface area (Å²) in [5.41, 5.74) is 3.01. The highest BCUT2D eigenvalue weighted by atomic mass is 19.1. The number of para-hydroxylation sites is 1. The van der Waals surface area contributed by atoms with E-state index in [0.29, 0.717) is 34.7 Å². The second-order valence-corrected chi connectivity index (χ2v) is 7.45. The van der Waals surface area contributed by atoms with Crippen LogP contribution in [0.15, 0.2) is 36.4 Å². The lowest BCUT2D eigenvalue weighted by Crippen LogP contribution is -2.19. The van der Waals surface area contributed by atoms with E-state index in [2.05, 4.69) is 5.32 Å². The fourth-order valence-corrected chi connectivity index (χ4v) is 3.20. The van der Waals surface area contributed by atoms with Gasteiger partial charge in [-0.25, -0.2) is 9.37 Å². The average Bonchev–Trinajstić information content (AvgIpc) is 2.75. The molecule has 8 nitrogen and oxygen atoms in total. The van der Waals surface area contributed by atoms with Gasteiger partial charge in [-0.15, -0.1) is 0 Å². The summed E-state index contributed by atoms with van der Waals surface area (Å²) in [5, 5.41) is 10.1. The van der Waals surface area contributed by atoms with Gasteiger partial charge < -0.3 is 24.8 Å². The van der Waals surface area contributed by atoms with Crippen LogP contribution in [0.4, 0.5) is 10.1 Å². The first-order valence-electron chi connectivity index (χ1n) is 10.1. The number of rotatable bonds is 7.